The number of thioether (sulfide) groups is 1. The number of hydrogen-bond acceptors (Lipinski definition) is 4. The number of nitrogens with one attached hydrogen (secondary N) is 1. The standard InChI is InChI=1S/C8H12N2S2/c1-6-4-10-8(12-5-6)7-9-2-3-11-7/h2-3,6,8,10H,4-5H2,1H3. The smallest absolute Gasteiger partial charge is 0.120 e. The summed E-state index contributed by atoms with van der Waals surface area (Å²) in [5.74, 6) is 2.04. The maximum atomic E-state index is 4.30. The van der Waals surface area contributed by atoms with Gasteiger partial charge in [0.05, 0.1) is 0 Å². The first-order chi connectivity index (χ1) is 5.86. The van der Waals surface area contributed by atoms with Crippen molar-refractivity contribution in [1.29, 1.82) is 0 Å². The van der Waals surface area contributed by atoms with Crippen LogP contribution < -0.4 is 5.32 Å². The first-order valence-corrected chi connectivity index (χ1v) is 6.03. The van der Waals surface area contributed by atoms with Crippen LogP contribution in [0.3, 0.4) is 0 Å². The Hall–Kier alpha value is -0.0600. The quantitative estimate of drug-likeness (QED) is 0.751. The molecule has 2 heterocycles. The molecule has 2 unspecified atom stereocenters. The highest BCUT2D eigenvalue weighted by Gasteiger charge is 2.20. The molecule has 66 valence electrons. The molecule has 0 saturated carbocycles. The molecule has 2 atom stereocenters. The van der Waals surface area contributed by atoms with Crippen molar-refractivity contribution in [3.8, 4) is 0 Å². The van der Waals surface area contributed by atoms with Crippen LogP contribution in [-0.4, -0.2) is 17.3 Å². The molecule has 1 aliphatic rings. The summed E-state index contributed by atoms with van der Waals surface area (Å²) in [6, 6.07) is 0. The Labute approximate surface area is 80.8 Å². The van der Waals surface area contributed by atoms with Crippen LogP contribution in [0, 0.1) is 5.92 Å². The lowest BCUT2D eigenvalue weighted by Gasteiger charge is -2.25. The Balaban J connectivity index is 1.99. The van der Waals surface area contributed by atoms with Crippen LogP contribution in [0.25, 0.3) is 0 Å². The molecule has 0 spiro atoms. The van der Waals surface area contributed by atoms with E-state index in [1.807, 2.05) is 23.3 Å². The van der Waals surface area contributed by atoms with E-state index >= 15 is 0 Å². The van der Waals surface area contributed by atoms with Gasteiger partial charge in [-0.25, -0.2) is 4.98 Å². The zero-order chi connectivity index (χ0) is 8.39. The van der Waals surface area contributed by atoms with Gasteiger partial charge in [-0.1, -0.05) is 6.92 Å². The second kappa shape index (κ2) is 3.77. The van der Waals surface area contributed by atoms with Crippen molar-refractivity contribution in [2.75, 3.05) is 12.3 Å². The molecule has 0 aliphatic carbocycles. The van der Waals surface area contributed by atoms with E-state index in [2.05, 4.69) is 17.2 Å². The monoisotopic (exact) mass is 200 g/mol. The van der Waals surface area contributed by atoms with Crippen LogP contribution in [-0.2, 0) is 0 Å². The van der Waals surface area contributed by atoms with Crippen molar-refractivity contribution in [2.24, 2.45) is 5.92 Å². The molecule has 0 amide bonds. The minimum absolute atomic E-state index is 0.446. The maximum Gasteiger partial charge on any atom is 0.120 e. The summed E-state index contributed by atoms with van der Waals surface area (Å²) in [5, 5.41) is 7.18. The number of aromatic nitrogens is 1. The predicted octanol–water partition coefficient (Wildman–Crippen LogP) is 2.11. The van der Waals surface area contributed by atoms with Gasteiger partial charge in [0, 0.05) is 11.6 Å². The highest BCUT2D eigenvalue weighted by atomic mass is 32.2. The Morgan fingerprint density at radius 1 is 1.67 bits per heavy atom. The van der Waals surface area contributed by atoms with Gasteiger partial charge in [0.25, 0.3) is 0 Å². The molecule has 1 aromatic heterocycles. The maximum absolute atomic E-state index is 4.30. The molecule has 1 N–H and O–H groups in total. The van der Waals surface area contributed by atoms with Crippen LogP contribution in [0.5, 0.6) is 0 Å². The average Bonchev–Trinajstić information content (AvgIpc) is 2.58. The lowest BCUT2D eigenvalue weighted by molar-refractivity contribution is 0.528. The van der Waals surface area contributed by atoms with E-state index in [1.165, 1.54) is 10.8 Å². The molecule has 1 saturated heterocycles. The van der Waals surface area contributed by atoms with E-state index in [0.717, 1.165) is 12.5 Å². The first kappa shape index (κ1) is 8.53. The average molecular weight is 200 g/mol. The number of nitrogens with zero attached hydrogens (tertiary/aromatic N) is 1. The van der Waals surface area contributed by atoms with Gasteiger partial charge < -0.3 is 0 Å². The van der Waals surface area contributed by atoms with E-state index in [9.17, 15) is 0 Å². The Kier molecular flexibility index (Phi) is 2.68. The van der Waals surface area contributed by atoms with Gasteiger partial charge in [-0.15, -0.1) is 23.1 Å². The zero-order valence-electron chi connectivity index (χ0n) is 6.99. The first-order valence-electron chi connectivity index (χ1n) is 4.10. The van der Waals surface area contributed by atoms with Crippen molar-refractivity contribution < 1.29 is 0 Å². The van der Waals surface area contributed by atoms with Crippen molar-refractivity contribution in [2.45, 2.75) is 12.3 Å². The lowest BCUT2D eigenvalue weighted by Crippen LogP contribution is -2.31. The highest BCUT2D eigenvalue weighted by Crippen LogP contribution is 2.32. The van der Waals surface area contributed by atoms with Crippen LogP contribution in [0.2, 0.25) is 0 Å². The molecule has 2 nitrogen and oxygen atoms in total. The third kappa shape index (κ3) is 1.81. The predicted molar refractivity (Wildman–Crippen MR) is 54.5 cm³/mol. The molecule has 0 radical (unpaired) electrons. The van der Waals surface area contributed by atoms with Crippen LogP contribution in [0.4, 0.5) is 0 Å². The molecule has 4 heteroatoms. The second-order valence-electron chi connectivity index (χ2n) is 3.10. The third-order valence-electron chi connectivity index (χ3n) is 1.87. The van der Waals surface area contributed by atoms with E-state index in [1.54, 1.807) is 11.3 Å². The van der Waals surface area contributed by atoms with Crippen LogP contribution in [0.1, 0.15) is 17.3 Å². The SMILES string of the molecule is CC1CNC(c2nccs2)SC1. The molecule has 1 aromatic rings. The van der Waals surface area contributed by atoms with E-state index in [-0.39, 0.29) is 0 Å². The highest BCUT2D eigenvalue weighted by molar-refractivity contribution is 7.99. The molecule has 0 aromatic carbocycles. The topological polar surface area (TPSA) is 24.9 Å². The van der Waals surface area contributed by atoms with Crippen LogP contribution >= 0.6 is 23.1 Å². The summed E-state index contributed by atoms with van der Waals surface area (Å²) >= 11 is 3.70. The fourth-order valence-corrected chi connectivity index (χ4v) is 3.23. The molecule has 0 bridgehead atoms. The summed E-state index contributed by atoms with van der Waals surface area (Å²) in [4.78, 5) is 4.30. The number of thiazole rings is 1. The van der Waals surface area contributed by atoms with Gasteiger partial charge in [0.15, 0.2) is 0 Å². The summed E-state index contributed by atoms with van der Waals surface area (Å²) < 4.78 is 0. The van der Waals surface area contributed by atoms with Gasteiger partial charge >= 0.3 is 0 Å². The Morgan fingerprint density at radius 2 is 2.58 bits per heavy atom. The van der Waals surface area contributed by atoms with Crippen LogP contribution in [0.15, 0.2) is 11.6 Å². The van der Waals surface area contributed by atoms with Gasteiger partial charge in [-0.05, 0) is 18.2 Å². The summed E-state index contributed by atoms with van der Waals surface area (Å²) in [7, 11) is 0. The minimum Gasteiger partial charge on any atom is -0.299 e. The lowest BCUT2D eigenvalue weighted by atomic mass is 10.2. The Morgan fingerprint density at radius 3 is 3.17 bits per heavy atom. The Bertz CT molecular complexity index is 227. The largest absolute Gasteiger partial charge is 0.299 e. The van der Waals surface area contributed by atoms with E-state index in [4.69, 9.17) is 0 Å². The number of rotatable bonds is 1. The van der Waals surface area contributed by atoms with E-state index < -0.39 is 0 Å². The van der Waals surface area contributed by atoms with Gasteiger partial charge in [-0.2, -0.15) is 0 Å². The van der Waals surface area contributed by atoms with Crippen molar-refractivity contribution >= 4 is 23.1 Å². The fraction of sp³-hybridized carbons (Fsp3) is 0.625. The summed E-state index contributed by atoms with van der Waals surface area (Å²) in [6.07, 6.45) is 1.88. The summed E-state index contributed by atoms with van der Waals surface area (Å²) in [6.45, 7) is 3.40. The van der Waals surface area contributed by atoms with E-state index in [0.29, 0.717) is 5.37 Å². The minimum atomic E-state index is 0.446. The summed E-state index contributed by atoms with van der Waals surface area (Å²) in [5.41, 5.74) is 0. The normalized spacial score (nSPS) is 30.4. The fourth-order valence-electron chi connectivity index (χ4n) is 1.21. The molecule has 2 rings (SSSR count). The van der Waals surface area contributed by atoms with Gasteiger partial charge in [-0.3, -0.25) is 5.32 Å². The van der Waals surface area contributed by atoms with Gasteiger partial charge in [0.2, 0.25) is 0 Å². The van der Waals surface area contributed by atoms with Crippen molar-refractivity contribution in [3.05, 3.63) is 16.6 Å². The molecule has 1 fully saturated rings. The van der Waals surface area contributed by atoms with Gasteiger partial charge in [0.1, 0.15) is 10.4 Å². The molecule has 12 heavy (non-hydrogen) atoms. The molecular weight excluding hydrogens is 188 g/mol. The second-order valence-corrected chi connectivity index (χ2v) is 5.16. The molecule has 1 aliphatic heterocycles. The third-order valence-corrected chi connectivity index (χ3v) is 4.35. The zero-order valence-corrected chi connectivity index (χ0v) is 8.62. The van der Waals surface area contributed by atoms with Crippen molar-refractivity contribution in [3.63, 3.8) is 0 Å². The molecular formula is C8H12N2S2. The number of hydrogen-bond donors (Lipinski definition) is 1. The van der Waals surface area contributed by atoms with Crippen molar-refractivity contribution in [1.82, 2.24) is 10.3 Å².